The van der Waals surface area contributed by atoms with Crippen molar-refractivity contribution in [3.8, 4) is 0 Å². The van der Waals surface area contributed by atoms with Gasteiger partial charge in [0.2, 0.25) is 5.13 Å². The predicted molar refractivity (Wildman–Crippen MR) is 98.8 cm³/mol. The summed E-state index contributed by atoms with van der Waals surface area (Å²) < 4.78 is 5.98. The second kappa shape index (κ2) is 6.97. The Morgan fingerprint density at radius 2 is 2.24 bits per heavy atom. The maximum absolute atomic E-state index is 5.98. The summed E-state index contributed by atoms with van der Waals surface area (Å²) in [4.78, 5) is 9.04. The van der Waals surface area contributed by atoms with Crippen molar-refractivity contribution in [3.05, 3.63) is 35.1 Å². The number of piperidine rings is 1. The highest BCUT2D eigenvalue weighted by Crippen LogP contribution is 2.41. The summed E-state index contributed by atoms with van der Waals surface area (Å²) in [6.45, 7) is 6.75. The molecule has 2 aromatic rings. The summed E-state index contributed by atoms with van der Waals surface area (Å²) in [7, 11) is 2.26. The fourth-order valence-corrected chi connectivity index (χ4v) is 4.65. The third-order valence-corrected chi connectivity index (χ3v) is 6.35. The van der Waals surface area contributed by atoms with Gasteiger partial charge in [0, 0.05) is 32.1 Å². The van der Waals surface area contributed by atoms with E-state index in [9.17, 15) is 0 Å². The van der Waals surface area contributed by atoms with Gasteiger partial charge in [0.1, 0.15) is 5.01 Å². The fourth-order valence-electron chi connectivity index (χ4n) is 3.96. The van der Waals surface area contributed by atoms with Gasteiger partial charge in [-0.2, -0.15) is 0 Å². The van der Waals surface area contributed by atoms with E-state index in [0.717, 1.165) is 41.9 Å². The van der Waals surface area contributed by atoms with E-state index in [1.54, 1.807) is 17.5 Å². The molecule has 0 aliphatic carbocycles. The van der Waals surface area contributed by atoms with Crippen molar-refractivity contribution >= 4 is 16.5 Å². The van der Waals surface area contributed by atoms with Crippen LogP contribution in [-0.2, 0) is 11.3 Å². The van der Waals surface area contributed by atoms with Gasteiger partial charge in [-0.05, 0) is 50.9 Å². The lowest BCUT2D eigenvalue weighted by Gasteiger charge is -2.58. The van der Waals surface area contributed by atoms with Crippen molar-refractivity contribution in [3.63, 3.8) is 0 Å². The Balaban J connectivity index is 1.30. The van der Waals surface area contributed by atoms with Crippen LogP contribution in [-0.4, -0.2) is 58.9 Å². The fraction of sp³-hybridized carbons (Fsp3) is 0.611. The normalized spacial score (nSPS) is 23.0. The number of anilines is 1. The van der Waals surface area contributed by atoms with Crippen LogP contribution in [0.3, 0.4) is 0 Å². The number of ether oxygens (including phenoxy) is 1. The molecule has 2 aliphatic rings. The van der Waals surface area contributed by atoms with Crippen LogP contribution in [0.4, 0.5) is 5.13 Å². The molecule has 0 bridgehead atoms. The van der Waals surface area contributed by atoms with E-state index in [0.29, 0.717) is 12.5 Å². The molecule has 7 heteroatoms. The summed E-state index contributed by atoms with van der Waals surface area (Å²) >= 11 is 1.69. The first-order valence-electron chi connectivity index (χ1n) is 8.88. The molecule has 4 rings (SSSR count). The van der Waals surface area contributed by atoms with Crippen molar-refractivity contribution in [1.82, 2.24) is 20.1 Å². The molecular formula is C18H25N5OS. The van der Waals surface area contributed by atoms with Crippen LogP contribution in [0.5, 0.6) is 0 Å². The number of likely N-dealkylation sites (tertiary alicyclic amines) is 1. The molecule has 25 heavy (non-hydrogen) atoms. The smallest absolute Gasteiger partial charge is 0.208 e. The number of aryl methyl sites for hydroxylation is 1. The highest BCUT2D eigenvalue weighted by Gasteiger charge is 2.50. The minimum Gasteiger partial charge on any atom is -0.376 e. The Morgan fingerprint density at radius 3 is 2.96 bits per heavy atom. The van der Waals surface area contributed by atoms with Crippen molar-refractivity contribution in [2.75, 3.05) is 38.2 Å². The molecule has 0 radical (unpaired) electrons. The Morgan fingerprint density at radius 1 is 1.36 bits per heavy atom. The van der Waals surface area contributed by atoms with Crippen LogP contribution < -0.4 is 4.90 Å². The van der Waals surface area contributed by atoms with E-state index in [4.69, 9.17) is 4.74 Å². The highest BCUT2D eigenvalue weighted by atomic mass is 32.1. The largest absolute Gasteiger partial charge is 0.376 e. The summed E-state index contributed by atoms with van der Waals surface area (Å²) in [6, 6.07) is 4.03. The Labute approximate surface area is 152 Å². The summed E-state index contributed by atoms with van der Waals surface area (Å²) in [5.41, 5.74) is 1.42. The number of aromatic nitrogens is 3. The maximum atomic E-state index is 5.98. The Hall–Kier alpha value is -1.57. The molecular weight excluding hydrogens is 334 g/mol. The average molecular weight is 359 g/mol. The quantitative estimate of drug-likeness (QED) is 0.817. The van der Waals surface area contributed by atoms with Gasteiger partial charge in [-0.25, -0.2) is 0 Å². The Bertz CT molecular complexity index is 701. The lowest BCUT2D eigenvalue weighted by molar-refractivity contribution is -0.0153. The standard InChI is InChI=1S/C18H25N5OS/c1-14-20-21-17(25-14)23-12-18(13-23)8-15(5-7-22(18)2)10-24-11-16-4-3-6-19-9-16/h3-4,6,9,15H,5,7-8,10-13H2,1-2H3. The first-order chi connectivity index (χ1) is 12.1. The summed E-state index contributed by atoms with van der Waals surface area (Å²) in [6.07, 6.45) is 6.09. The molecule has 0 saturated carbocycles. The van der Waals surface area contributed by atoms with E-state index < -0.39 is 0 Å². The van der Waals surface area contributed by atoms with Gasteiger partial charge < -0.3 is 9.64 Å². The van der Waals surface area contributed by atoms with Gasteiger partial charge in [-0.15, -0.1) is 10.2 Å². The van der Waals surface area contributed by atoms with Crippen LogP contribution >= 0.6 is 11.3 Å². The van der Waals surface area contributed by atoms with Crippen molar-refractivity contribution in [1.29, 1.82) is 0 Å². The van der Waals surface area contributed by atoms with E-state index in [1.165, 1.54) is 12.8 Å². The highest BCUT2D eigenvalue weighted by molar-refractivity contribution is 7.15. The number of pyridine rings is 1. The number of hydrogen-bond donors (Lipinski definition) is 0. The number of nitrogens with zero attached hydrogens (tertiary/aromatic N) is 5. The molecule has 2 saturated heterocycles. The second-order valence-electron chi connectivity index (χ2n) is 7.34. The van der Waals surface area contributed by atoms with Gasteiger partial charge in [0.25, 0.3) is 0 Å². The topological polar surface area (TPSA) is 54.4 Å². The van der Waals surface area contributed by atoms with Gasteiger partial charge in [-0.3, -0.25) is 9.88 Å². The van der Waals surface area contributed by atoms with Crippen molar-refractivity contribution in [2.45, 2.75) is 31.9 Å². The van der Waals surface area contributed by atoms with E-state index in [-0.39, 0.29) is 5.54 Å². The van der Waals surface area contributed by atoms with Gasteiger partial charge in [0.15, 0.2) is 0 Å². The SMILES string of the molecule is Cc1nnc(N2CC3(CC(COCc4cccnc4)CCN3C)C2)s1. The van der Waals surface area contributed by atoms with Crippen molar-refractivity contribution < 1.29 is 4.74 Å². The van der Waals surface area contributed by atoms with E-state index in [2.05, 4.69) is 38.1 Å². The lowest BCUT2D eigenvalue weighted by atomic mass is 9.75. The number of rotatable bonds is 5. The van der Waals surface area contributed by atoms with Gasteiger partial charge in [0.05, 0.1) is 12.1 Å². The minimum absolute atomic E-state index is 0.278. The van der Waals surface area contributed by atoms with Crippen LogP contribution in [0.1, 0.15) is 23.4 Å². The molecule has 6 nitrogen and oxygen atoms in total. The van der Waals surface area contributed by atoms with Gasteiger partial charge in [-0.1, -0.05) is 17.4 Å². The first-order valence-corrected chi connectivity index (χ1v) is 9.69. The minimum atomic E-state index is 0.278. The number of likely N-dealkylation sites (N-methyl/N-ethyl adjacent to an activating group) is 1. The van der Waals surface area contributed by atoms with E-state index >= 15 is 0 Å². The van der Waals surface area contributed by atoms with Crippen LogP contribution in [0.15, 0.2) is 24.5 Å². The molecule has 2 fully saturated rings. The number of hydrogen-bond acceptors (Lipinski definition) is 7. The second-order valence-corrected chi connectivity index (χ2v) is 8.50. The molecule has 0 amide bonds. The van der Waals surface area contributed by atoms with Crippen LogP contribution in [0.25, 0.3) is 0 Å². The molecule has 1 unspecified atom stereocenters. The molecule has 1 atom stereocenters. The third-order valence-electron chi connectivity index (χ3n) is 5.45. The zero-order chi connectivity index (χ0) is 17.3. The molecule has 0 aromatic carbocycles. The zero-order valence-corrected chi connectivity index (χ0v) is 15.7. The van der Waals surface area contributed by atoms with Crippen LogP contribution in [0.2, 0.25) is 0 Å². The summed E-state index contributed by atoms with van der Waals surface area (Å²) in [5, 5.41) is 10.5. The molecule has 4 heterocycles. The maximum Gasteiger partial charge on any atom is 0.208 e. The monoisotopic (exact) mass is 359 g/mol. The zero-order valence-electron chi connectivity index (χ0n) is 14.9. The lowest BCUT2D eigenvalue weighted by Crippen LogP contribution is -2.72. The first kappa shape index (κ1) is 16.9. The third kappa shape index (κ3) is 3.54. The van der Waals surface area contributed by atoms with Crippen molar-refractivity contribution in [2.24, 2.45) is 5.92 Å². The van der Waals surface area contributed by atoms with E-state index in [1.807, 2.05) is 19.2 Å². The molecule has 0 N–H and O–H groups in total. The molecule has 134 valence electrons. The predicted octanol–water partition coefficient (Wildman–Crippen LogP) is 2.36. The molecule has 2 aliphatic heterocycles. The summed E-state index contributed by atoms with van der Waals surface area (Å²) in [5.74, 6) is 0.631. The molecule has 1 spiro atoms. The van der Waals surface area contributed by atoms with Crippen LogP contribution in [0, 0.1) is 12.8 Å². The average Bonchev–Trinajstić information content (AvgIpc) is 3.01. The van der Waals surface area contributed by atoms with Gasteiger partial charge >= 0.3 is 0 Å². The Kier molecular flexibility index (Phi) is 4.71. The molecule has 2 aromatic heterocycles.